The minimum absolute atomic E-state index is 0.592. The molecule has 0 aliphatic carbocycles. The van der Waals surface area contributed by atoms with E-state index in [4.69, 9.17) is 0 Å². The van der Waals surface area contributed by atoms with Gasteiger partial charge in [0.05, 0.1) is 12.3 Å². The molecule has 4 rings (SSSR count). The van der Waals surface area contributed by atoms with Gasteiger partial charge < -0.3 is 0 Å². The first kappa shape index (κ1) is 10.4. The van der Waals surface area contributed by atoms with Crippen molar-refractivity contribution in [2.75, 3.05) is 0 Å². The van der Waals surface area contributed by atoms with Crippen LogP contribution < -0.4 is 0 Å². The Kier molecular flexibility index (Phi) is 2.17. The Labute approximate surface area is 109 Å². The molecule has 3 aromatic rings. The molecule has 0 saturated carbocycles. The Bertz CT molecular complexity index is 782. The van der Waals surface area contributed by atoms with Crippen LogP contribution in [0.1, 0.15) is 12.0 Å². The van der Waals surface area contributed by atoms with E-state index in [1.807, 2.05) is 0 Å². The number of aliphatic imine (C=N–C) groups is 1. The lowest BCUT2D eigenvalue weighted by atomic mass is 9.99. The van der Waals surface area contributed by atoms with Crippen molar-refractivity contribution in [1.82, 2.24) is 20.2 Å². The predicted octanol–water partition coefficient (Wildman–Crippen LogP) is 2.35. The van der Waals surface area contributed by atoms with Crippen molar-refractivity contribution in [1.29, 1.82) is 0 Å². The first-order chi connectivity index (χ1) is 9.42. The topological polar surface area (TPSA) is 56.0 Å². The van der Waals surface area contributed by atoms with Gasteiger partial charge in [-0.25, -0.2) is 9.67 Å². The average molecular weight is 249 g/mol. The standard InChI is InChI=1S/C14H11N5/c1-2-6-11-10(4-1)5-3-7-12(11)13-8-9-19-14(15-13)16-17-18-19/h1-7H,8-9H2. The minimum Gasteiger partial charge on any atom is -0.214 e. The number of rotatable bonds is 1. The normalized spacial score (nSPS) is 14.2. The zero-order valence-corrected chi connectivity index (χ0v) is 10.2. The van der Waals surface area contributed by atoms with Gasteiger partial charge in [-0.05, 0) is 21.2 Å². The molecule has 5 heteroatoms. The summed E-state index contributed by atoms with van der Waals surface area (Å²) in [5, 5.41) is 13.9. The zero-order valence-electron chi connectivity index (χ0n) is 10.2. The summed E-state index contributed by atoms with van der Waals surface area (Å²) in [6.07, 6.45) is 0.853. The second kappa shape index (κ2) is 3.98. The number of benzene rings is 2. The van der Waals surface area contributed by atoms with Crippen molar-refractivity contribution in [2.24, 2.45) is 4.99 Å². The van der Waals surface area contributed by atoms with Gasteiger partial charge >= 0.3 is 0 Å². The minimum atomic E-state index is 0.592. The van der Waals surface area contributed by atoms with Crippen molar-refractivity contribution in [3.63, 3.8) is 0 Å². The fraction of sp³-hybridized carbons (Fsp3) is 0.143. The molecule has 0 spiro atoms. The highest BCUT2D eigenvalue weighted by atomic mass is 15.6. The van der Waals surface area contributed by atoms with Crippen LogP contribution in [-0.2, 0) is 6.54 Å². The highest BCUT2D eigenvalue weighted by Gasteiger charge is 2.16. The van der Waals surface area contributed by atoms with Crippen LogP contribution in [0.3, 0.4) is 0 Å². The van der Waals surface area contributed by atoms with Crippen LogP contribution in [0.25, 0.3) is 10.8 Å². The summed E-state index contributed by atoms with van der Waals surface area (Å²) in [6.45, 7) is 0.782. The van der Waals surface area contributed by atoms with Gasteiger partial charge in [0.1, 0.15) is 0 Å². The van der Waals surface area contributed by atoms with Crippen molar-refractivity contribution < 1.29 is 0 Å². The van der Waals surface area contributed by atoms with Crippen LogP contribution in [0, 0.1) is 0 Å². The SMILES string of the molecule is c1ccc2c(C3=Nc4nnnn4CC3)cccc2c1. The molecule has 0 fully saturated rings. The number of hydrogen-bond acceptors (Lipinski definition) is 4. The van der Waals surface area contributed by atoms with Gasteiger partial charge in [0.15, 0.2) is 0 Å². The van der Waals surface area contributed by atoms with E-state index in [2.05, 4.69) is 63.0 Å². The van der Waals surface area contributed by atoms with Crippen LogP contribution in [0.5, 0.6) is 0 Å². The lowest BCUT2D eigenvalue weighted by Gasteiger charge is -2.13. The number of hydrogen-bond donors (Lipinski definition) is 0. The lowest BCUT2D eigenvalue weighted by molar-refractivity contribution is 0.598. The van der Waals surface area contributed by atoms with Crippen LogP contribution in [0.15, 0.2) is 47.5 Å². The summed E-state index contributed by atoms with van der Waals surface area (Å²) < 4.78 is 1.73. The Morgan fingerprint density at radius 1 is 1.00 bits per heavy atom. The van der Waals surface area contributed by atoms with Crippen molar-refractivity contribution >= 4 is 22.4 Å². The van der Waals surface area contributed by atoms with Crippen LogP contribution in [-0.4, -0.2) is 25.9 Å². The third-order valence-corrected chi connectivity index (χ3v) is 3.41. The first-order valence-electron chi connectivity index (χ1n) is 6.24. The van der Waals surface area contributed by atoms with E-state index < -0.39 is 0 Å². The fourth-order valence-corrected chi connectivity index (χ4v) is 2.49. The molecular weight excluding hydrogens is 238 g/mol. The number of nitrogens with zero attached hydrogens (tertiary/aromatic N) is 5. The lowest BCUT2D eigenvalue weighted by Crippen LogP contribution is -2.13. The van der Waals surface area contributed by atoms with Gasteiger partial charge in [0.25, 0.3) is 5.95 Å². The Hall–Kier alpha value is -2.56. The maximum atomic E-state index is 4.57. The van der Waals surface area contributed by atoms with Gasteiger partial charge in [0.2, 0.25) is 0 Å². The molecule has 1 aliphatic rings. The summed E-state index contributed by atoms with van der Waals surface area (Å²) >= 11 is 0. The van der Waals surface area contributed by atoms with E-state index in [1.54, 1.807) is 4.68 Å². The van der Waals surface area contributed by atoms with Crippen molar-refractivity contribution in [2.45, 2.75) is 13.0 Å². The Morgan fingerprint density at radius 3 is 2.89 bits per heavy atom. The quantitative estimate of drug-likeness (QED) is 0.665. The average Bonchev–Trinajstić information content (AvgIpc) is 2.94. The zero-order chi connectivity index (χ0) is 12.7. The second-order valence-electron chi connectivity index (χ2n) is 4.54. The Balaban J connectivity index is 1.92. The molecular formula is C14H11N5. The predicted molar refractivity (Wildman–Crippen MR) is 72.6 cm³/mol. The van der Waals surface area contributed by atoms with Crippen LogP contribution in [0.2, 0.25) is 0 Å². The number of aryl methyl sites for hydroxylation is 1. The summed E-state index contributed by atoms with van der Waals surface area (Å²) in [5.41, 5.74) is 2.23. The smallest absolute Gasteiger partial charge is 0.214 e. The van der Waals surface area contributed by atoms with E-state index in [1.165, 1.54) is 16.3 Å². The summed E-state index contributed by atoms with van der Waals surface area (Å²) in [5.74, 6) is 0.592. The molecule has 0 unspecified atom stereocenters. The van der Waals surface area contributed by atoms with E-state index in [0.29, 0.717) is 5.95 Å². The highest BCUT2D eigenvalue weighted by molar-refractivity contribution is 6.11. The molecule has 1 aliphatic heterocycles. The first-order valence-corrected chi connectivity index (χ1v) is 6.24. The van der Waals surface area contributed by atoms with Gasteiger partial charge in [-0.3, -0.25) is 0 Å². The van der Waals surface area contributed by atoms with Gasteiger partial charge in [-0.2, -0.15) is 0 Å². The summed E-state index contributed by atoms with van der Waals surface area (Å²) in [7, 11) is 0. The summed E-state index contributed by atoms with van der Waals surface area (Å²) in [6, 6.07) is 14.6. The molecule has 2 heterocycles. The third kappa shape index (κ3) is 1.62. The molecule has 19 heavy (non-hydrogen) atoms. The number of fused-ring (bicyclic) bond motifs is 2. The van der Waals surface area contributed by atoms with Crippen molar-refractivity contribution in [3.8, 4) is 0 Å². The molecule has 0 radical (unpaired) electrons. The highest BCUT2D eigenvalue weighted by Crippen LogP contribution is 2.24. The largest absolute Gasteiger partial charge is 0.269 e. The van der Waals surface area contributed by atoms with Crippen LogP contribution in [0.4, 0.5) is 5.95 Å². The molecule has 0 amide bonds. The van der Waals surface area contributed by atoms with E-state index in [9.17, 15) is 0 Å². The molecule has 1 aromatic heterocycles. The fourth-order valence-electron chi connectivity index (χ4n) is 2.49. The third-order valence-electron chi connectivity index (χ3n) is 3.41. The summed E-state index contributed by atoms with van der Waals surface area (Å²) in [4.78, 5) is 4.57. The molecule has 0 N–H and O–H groups in total. The molecule has 0 saturated heterocycles. The molecule has 2 aromatic carbocycles. The monoisotopic (exact) mass is 249 g/mol. The van der Waals surface area contributed by atoms with E-state index in [0.717, 1.165) is 18.7 Å². The molecule has 5 nitrogen and oxygen atoms in total. The van der Waals surface area contributed by atoms with Crippen molar-refractivity contribution in [3.05, 3.63) is 48.0 Å². The van der Waals surface area contributed by atoms with Gasteiger partial charge in [-0.1, -0.05) is 47.6 Å². The maximum Gasteiger partial charge on any atom is 0.269 e. The van der Waals surface area contributed by atoms with E-state index in [-0.39, 0.29) is 0 Å². The van der Waals surface area contributed by atoms with E-state index >= 15 is 0 Å². The molecule has 0 atom stereocenters. The Morgan fingerprint density at radius 2 is 1.89 bits per heavy atom. The van der Waals surface area contributed by atoms with Crippen LogP contribution >= 0.6 is 0 Å². The van der Waals surface area contributed by atoms with Gasteiger partial charge in [-0.15, -0.1) is 0 Å². The number of tetrazole rings is 1. The van der Waals surface area contributed by atoms with Gasteiger partial charge in [0, 0.05) is 12.0 Å². The maximum absolute atomic E-state index is 4.57. The number of aromatic nitrogens is 4. The molecule has 92 valence electrons. The second-order valence-corrected chi connectivity index (χ2v) is 4.54. The molecule has 0 bridgehead atoms.